The fourth-order valence-corrected chi connectivity index (χ4v) is 5.51. The third kappa shape index (κ3) is 4.99. The average molecular weight is 471 g/mol. The molecular weight excluding hydrogens is 443 g/mol. The van der Waals surface area contributed by atoms with Crippen LogP contribution in [0.25, 0.3) is 5.69 Å². The quantitative estimate of drug-likeness (QED) is 0.599. The number of amides is 1. The van der Waals surface area contributed by atoms with Crippen LogP contribution in [-0.4, -0.2) is 41.3 Å². The van der Waals surface area contributed by atoms with Gasteiger partial charge in [0.2, 0.25) is 15.9 Å². The Balaban J connectivity index is 1.32. The molecular formula is C24H27FN4O3S. The van der Waals surface area contributed by atoms with E-state index in [4.69, 9.17) is 0 Å². The second-order valence-electron chi connectivity index (χ2n) is 8.34. The molecule has 0 spiro atoms. The fourth-order valence-electron chi connectivity index (χ4n) is 4.04. The van der Waals surface area contributed by atoms with Crippen molar-refractivity contribution in [2.24, 2.45) is 5.92 Å². The zero-order chi connectivity index (χ0) is 23.6. The maximum Gasteiger partial charge on any atom is 0.243 e. The van der Waals surface area contributed by atoms with Crippen LogP contribution in [0.4, 0.5) is 4.39 Å². The molecule has 3 aromatic rings. The average Bonchev–Trinajstić information content (AvgIpc) is 3.23. The van der Waals surface area contributed by atoms with Crippen LogP contribution >= 0.6 is 0 Å². The number of piperidine rings is 1. The van der Waals surface area contributed by atoms with Crippen molar-refractivity contribution in [2.75, 3.05) is 13.1 Å². The van der Waals surface area contributed by atoms with E-state index in [1.165, 1.54) is 10.4 Å². The Morgan fingerprint density at radius 1 is 1.12 bits per heavy atom. The number of rotatable bonds is 6. The molecule has 1 aliphatic rings. The lowest BCUT2D eigenvalue weighted by Crippen LogP contribution is -2.42. The van der Waals surface area contributed by atoms with E-state index in [2.05, 4.69) is 10.3 Å². The van der Waals surface area contributed by atoms with Gasteiger partial charge in [0.15, 0.2) is 0 Å². The predicted octanol–water partition coefficient (Wildman–Crippen LogP) is 3.35. The zero-order valence-corrected chi connectivity index (χ0v) is 19.5. The van der Waals surface area contributed by atoms with Crippen LogP contribution in [0.1, 0.15) is 29.8 Å². The minimum absolute atomic E-state index is 0.141. The normalized spacial score (nSPS) is 15.5. The molecule has 7 nitrogen and oxygen atoms in total. The van der Waals surface area contributed by atoms with E-state index >= 15 is 0 Å². The van der Waals surface area contributed by atoms with Crippen LogP contribution in [0.2, 0.25) is 0 Å². The molecule has 1 amide bonds. The number of carbonyl (C=O) groups excluding carboxylic acids is 1. The lowest BCUT2D eigenvalue weighted by Gasteiger charge is -2.30. The summed E-state index contributed by atoms with van der Waals surface area (Å²) in [6.45, 7) is 4.50. The molecule has 1 aliphatic heterocycles. The predicted molar refractivity (Wildman–Crippen MR) is 123 cm³/mol. The van der Waals surface area contributed by atoms with Crippen LogP contribution in [0.5, 0.6) is 0 Å². The number of aromatic nitrogens is 2. The fraction of sp³-hybridized carbons (Fsp3) is 0.333. The number of nitrogens with one attached hydrogen (secondary N) is 1. The van der Waals surface area contributed by atoms with Gasteiger partial charge in [0.05, 0.1) is 10.6 Å². The van der Waals surface area contributed by atoms with Gasteiger partial charge in [-0.3, -0.25) is 4.79 Å². The summed E-state index contributed by atoms with van der Waals surface area (Å²) in [6.07, 6.45) is 4.20. The molecule has 0 saturated carbocycles. The first-order chi connectivity index (χ1) is 15.8. The molecule has 1 saturated heterocycles. The largest absolute Gasteiger partial charge is 0.352 e. The Hall–Kier alpha value is -3.04. The van der Waals surface area contributed by atoms with Gasteiger partial charge in [-0.25, -0.2) is 17.8 Å². The summed E-state index contributed by atoms with van der Waals surface area (Å²) in [5, 5.41) is 2.86. The van der Waals surface area contributed by atoms with Gasteiger partial charge >= 0.3 is 0 Å². The van der Waals surface area contributed by atoms with Crippen LogP contribution in [-0.2, 0) is 21.4 Å². The number of imidazole rings is 1. The van der Waals surface area contributed by atoms with Crippen LogP contribution in [0, 0.1) is 25.6 Å². The number of sulfonamides is 1. The number of carbonyl (C=O) groups is 1. The molecule has 174 valence electrons. The van der Waals surface area contributed by atoms with Gasteiger partial charge in [-0.2, -0.15) is 4.31 Å². The Morgan fingerprint density at radius 3 is 2.42 bits per heavy atom. The molecule has 1 N–H and O–H groups in total. The topological polar surface area (TPSA) is 84.3 Å². The molecule has 0 aliphatic carbocycles. The van der Waals surface area contributed by atoms with E-state index in [1.807, 2.05) is 6.92 Å². The first kappa shape index (κ1) is 23.1. The van der Waals surface area contributed by atoms with Crippen LogP contribution in [0.15, 0.2) is 59.8 Å². The van der Waals surface area contributed by atoms with Gasteiger partial charge in [0.25, 0.3) is 0 Å². The first-order valence-electron chi connectivity index (χ1n) is 10.9. The third-order valence-corrected chi connectivity index (χ3v) is 7.96. The molecule has 0 unspecified atom stereocenters. The first-order valence-corrected chi connectivity index (χ1v) is 12.3. The number of hydrogen-bond donors (Lipinski definition) is 1. The monoisotopic (exact) mass is 470 g/mol. The lowest BCUT2D eigenvalue weighted by atomic mass is 9.97. The summed E-state index contributed by atoms with van der Waals surface area (Å²) >= 11 is 0. The van der Waals surface area contributed by atoms with Gasteiger partial charge in [-0.15, -0.1) is 0 Å². The zero-order valence-electron chi connectivity index (χ0n) is 18.7. The van der Waals surface area contributed by atoms with E-state index < -0.39 is 15.8 Å². The van der Waals surface area contributed by atoms with Crippen molar-refractivity contribution >= 4 is 15.9 Å². The van der Waals surface area contributed by atoms with Crippen LogP contribution in [0.3, 0.4) is 0 Å². The highest BCUT2D eigenvalue weighted by atomic mass is 32.2. The summed E-state index contributed by atoms with van der Waals surface area (Å²) in [4.78, 5) is 17.0. The Kier molecular flexibility index (Phi) is 6.62. The highest BCUT2D eigenvalue weighted by Gasteiger charge is 2.32. The van der Waals surface area contributed by atoms with Gasteiger partial charge < -0.3 is 9.88 Å². The Bertz CT molecular complexity index is 1250. The molecule has 0 atom stereocenters. The van der Waals surface area contributed by atoms with E-state index in [0.29, 0.717) is 43.0 Å². The van der Waals surface area contributed by atoms with Crippen molar-refractivity contribution in [1.29, 1.82) is 0 Å². The number of halogens is 1. The summed E-state index contributed by atoms with van der Waals surface area (Å²) in [7, 11) is -3.56. The van der Waals surface area contributed by atoms with Gasteiger partial charge in [0, 0.05) is 37.9 Å². The van der Waals surface area contributed by atoms with Gasteiger partial charge in [0.1, 0.15) is 11.6 Å². The standard InChI is InChI=1S/C24H27FN4O3S/c1-17-3-6-21(7-4-17)33(31,32)28-12-9-20(10-13-28)24(30)27-16-19-5-8-23(22(25)15-19)29-14-11-26-18(29)2/h3-8,11,14-15,20H,9-10,12-13,16H2,1-2H3,(H,27,30). The summed E-state index contributed by atoms with van der Waals surface area (Å²) in [5.41, 5.74) is 2.06. The number of nitrogens with zero attached hydrogens (tertiary/aromatic N) is 3. The minimum Gasteiger partial charge on any atom is -0.352 e. The number of benzene rings is 2. The number of aryl methyl sites for hydroxylation is 2. The van der Waals surface area contributed by atoms with Gasteiger partial charge in [-0.05, 0) is 56.5 Å². The van der Waals surface area contributed by atoms with E-state index in [1.54, 1.807) is 60.3 Å². The molecule has 0 radical (unpaired) electrons. The van der Waals surface area contributed by atoms with Gasteiger partial charge in [-0.1, -0.05) is 23.8 Å². The maximum atomic E-state index is 14.6. The molecule has 2 heterocycles. The summed E-state index contributed by atoms with van der Waals surface area (Å²) in [6, 6.07) is 11.6. The second kappa shape index (κ2) is 9.44. The van der Waals surface area contributed by atoms with Crippen molar-refractivity contribution < 1.29 is 17.6 Å². The minimum atomic E-state index is -3.56. The van der Waals surface area contributed by atoms with E-state index in [-0.39, 0.29) is 23.3 Å². The molecule has 1 aromatic heterocycles. The van der Waals surface area contributed by atoms with Crippen molar-refractivity contribution in [3.8, 4) is 5.69 Å². The Morgan fingerprint density at radius 2 is 1.82 bits per heavy atom. The SMILES string of the molecule is Cc1ccc(S(=O)(=O)N2CCC(C(=O)NCc3ccc(-n4ccnc4C)c(F)c3)CC2)cc1. The van der Waals surface area contributed by atoms with Crippen LogP contribution < -0.4 is 5.32 Å². The molecule has 9 heteroatoms. The van der Waals surface area contributed by atoms with E-state index in [9.17, 15) is 17.6 Å². The van der Waals surface area contributed by atoms with Crippen molar-refractivity contribution in [1.82, 2.24) is 19.2 Å². The van der Waals surface area contributed by atoms with E-state index in [0.717, 1.165) is 5.56 Å². The smallest absolute Gasteiger partial charge is 0.243 e. The molecule has 4 rings (SSSR count). The molecule has 0 bridgehead atoms. The van der Waals surface area contributed by atoms with Crippen molar-refractivity contribution in [2.45, 2.75) is 38.1 Å². The van der Waals surface area contributed by atoms with Crippen molar-refractivity contribution in [3.63, 3.8) is 0 Å². The Labute approximate surface area is 193 Å². The maximum absolute atomic E-state index is 14.6. The molecule has 2 aromatic carbocycles. The number of hydrogen-bond acceptors (Lipinski definition) is 4. The second-order valence-corrected chi connectivity index (χ2v) is 10.3. The van der Waals surface area contributed by atoms with Crippen molar-refractivity contribution in [3.05, 3.63) is 77.6 Å². The third-order valence-electron chi connectivity index (χ3n) is 6.05. The summed E-state index contributed by atoms with van der Waals surface area (Å²) in [5.74, 6) is -0.118. The molecule has 1 fully saturated rings. The summed E-state index contributed by atoms with van der Waals surface area (Å²) < 4.78 is 43.3. The molecule has 33 heavy (non-hydrogen) atoms. The lowest BCUT2D eigenvalue weighted by molar-refractivity contribution is -0.126. The highest BCUT2D eigenvalue weighted by molar-refractivity contribution is 7.89. The highest BCUT2D eigenvalue weighted by Crippen LogP contribution is 2.24.